The van der Waals surface area contributed by atoms with Gasteiger partial charge in [-0.1, -0.05) is 0 Å². The van der Waals surface area contributed by atoms with Crippen molar-refractivity contribution < 1.29 is 22.7 Å². The van der Waals surface area contributed by atoms with E-state index in [9.17, 15) is 13.2 Å². The molecule has 3 rings (SSSR count). The number of fused-ring (bicyclic) bond motifs is 1. The number of hydrogen-bond donors (Lipinski definition) is 2. The third-order valence-corrected chi connectivity index (χ3v) is 6.32. The number of carbonyl (C=O) groups excluding carboxylic acids is 1. The number of nitrogens with two attached hydrogens (primary N) is 1. The molecule has 1 amide bonds. The lowest BCUT2D eigenvalue weighted by Crippen LogP contribution is -2.40. The van der Waals surface area contributed by atoms with E-state index in [0.717, 1.165) is 25.7 Å². The number of carbonyl (C=O) groups is 1. The van der Waals surface area contributed by atoms with E-state index in [1.807, 2.05) is 0 Å². The van der Waals surface area contributed by atoms with Crippen LogP contribution in [0.2, 0.25) is 0 Å². The predicted octanol–water partition coefficient (Wildman–Crippen LogP) is 1.01. The Kier molecular flexibility index (Phi) is 5.48. The van der Waals surface area contributed by atoms with Gasteiger partial charge in [-0.25, -0.2) is 8.42 Å². The summed E-state index contributed by atoms with van der Waals surface area (Å²) >= 11 is 0. The van der Waals surface area contributed by atoms with Crippen molar-refractivity contribution in [2.75, 3.05) is 19.0 Å². The minimum absolute atomic E-state index is 0.0562. The highest BCUT2D eigenvalue weighted by Gasteiger charge is 2.23. The van der Waals surface area contributed by atoms with Gasteiger partial charge in [0.15, 0.2) is 21.3 Å². The Balaban J connectivity index is 1.55. The molecule has 1 fully saturated rings. The first-order chi connectivity index (χ1) is 11.9. The number of amides is 1. The van der Waals surface area contributed by atoms with Crippen LogP contribution in [-0.4, -0.2) is 45.4 Å². The SMILES string of the molecule is NC1CCC(NC(=O)CCS(=O)(=O)c2ccc3c(c2)OCCO3)CC1. The zero-order valence-electron chi connectivity index (χ0n) is 14.1. The number of hydrogen-bond acceptors (Lipinski definition) is 6. The van der Waals surface area contributed by atoms with Crippen LogP contribution in [0.5, 0.6) is 11.5 Å². The number of ether oxygens (including phenoxy) is 2. The Hall–Kier alpha value is -1.80. The summed E-state index contributed by atoms with van der Waals surface area (Å²) in [7, 11) is -3.55. The van der Waals surface area contributed by atoms with Crippen LogP contribution in [0.4, 0.5) is 0 Å². The number of nitrogens with one attached hydrogen (secondary N) is 1. The minimum atomic E-state index is -3.55. The van der Waals surface area contributed by atoms with E-state index in [1.165, 1.54) is 12.1 Å². The Labute approximate surface area is 147 Å². The van der Waals surface area contributed by atoms with E-state index in [1.54, 1.807) is 6.07 Å². The average Bonchev–Trinajstić information content (AvgIpc) is 2.62. The quantitative estimate of drug-likeness (QED) is 0.803. The maximum Gasteiger partial charge on any atom is 0.221 e. The second kappa shape index (κ2) is 7.61. The molecule has 3 N–H and O–H groups in total. The van der Waals surface area contributed by atoms with E-state index >= 15 is 0 Å². The molecule has 138 valence electrons. The van der Waals surface area contributed by atoms with Crippen molar-refractivity contribution >= 4 is 15.7 Å². The van der Waals surface area contributed by atoms with Crippen molar-refractivity contribution in [1.82, 2.24) is 5.32 Å². The molecular weight excluding hydrogens is 344 g/mol. The highest BCUT2D eigenvalue weighted by molar-refractivity contribution is 7.91. The van der Waals surface area contributed by atoms with Crippen molar-refractivity contribution in [3.8, 4) is 11.5 Å². The van der Waals surface area contributed by atoms with Gasteiger partial charge in [-0.3, -0.25) is 4.79 Å². The van der Waals surface area contributed by atoms with Crippen molar-refractivity contribution in [3.05, 3.63) is 18.2 Å². The van der Waals surface area contributed by atoms with Gasteiger partial charge in [-0.2, -0.15) is 0 Å². The highest BCUT2D eigenvalue weighted by Crippen LogP contribution is 2.32. The summed E-state index contributed by atoms with van der Waals surface area (Å²) in [5, 5.41) is 2.91. The van der Waals surface area contributed by atoms with E-state index in [2.05, 4.69) is 5.32 Å². The topological polar surface area (TPSA) is 108 Å². The van der Waals surface area contributed by atoms with E-state index in [0.29, 0.717) is 24.7 Å². The van der Waals surface area contributed by atoms with Gasteiger partial charge in [-0.05, 0) is 37.8 Å². The fraction of sp³-hybridized carbons (Fsp3) is 0.588. The summed E-state index contributed by atoms with van der Waals surface area (Å²) in [6.45, 7) is 0.843. The molecule has 0 unspecified atom stereocenters. The van der Waals surface area contributed by atoms with Crippen LogP contribution >= 0.6 is 0 Å². The molecule has 0 atom stereocenters. The summed E-state index contributed by atoms with van der Waals surface area (Å²) in [5.41, 5.74) is 5.85. The summed E-state index contributed by atoms with van der Waals surface area (Å²) in [5.74, 6) is 0.500. The molecule has 0 saturated heterocycles. The van der Waals surface area contributed by atoms with Gasteiger partial charge in [0, 0.05) is 24.6 Å². The molecule has 1 aromatic rings. The van der Waals surface area contributed by atoms with Gasteiger partial charge >= 0.3 is 0 Å². The molecule has 2 aliphatic rings. The molecule has 8 heteroatoms. The average molecular weight is 368 g/mol. The fourth-order valence-electron chi connectivity index (χ4n) is 3.13. The summed E-state index contributed by atoms with van der Waals surface area (Å²) in [6.07, 6.45) is 3.42. The third kappa shape index (κ3) is 4.64. The summed E-state index contributed by atoms with van der Waals surface area (Å²) < 4.78 is 35.7. The van der Waals surface area contributed by atoms with Crippen LogP contribution in [0.3, 0.4) is 0 Å². The fourth-order valence-corrected chi connectivity index (χ4v) is 4.38. The molecular formula is C17H24N2O5S. The number of rotatable bonds is 5. The van der Waals surface area contributed by atoms with Crippen LogP contribution in [0, 0.1) is 0 Å². The van der Waals surface area contributed by atoms with E-state index in [4.69, 9.17) is 15.2 Å². The third-order valence-electron chi connectivity index (χ3n) is 4.61. The lowest BCUT2D eigenvalue weighted by atomic mass is 9.92. The molecule has 1 aliphatic heterocycles. The van der Waals surface area contributed by atoms with Crippen molar-refractivity contribution in [2.24, 2.45) is 5.73 Å². The molecule has 1 aromatic carbocycles. The molecule has 0 aromatic heterocycles. The lowest BCUT2D eigenvalue weighted by molar-refractivity contribution is -0.121. The monoisotopic (exact) mass is 368 g/mol. The molecule has 1 heterocycles. The first-order valence-electron chi connectivity index (χ1n) is 8.61. The van der Waals surface area contributed by atoms with Crippen molar-refractivity contribution in [3.63, 3.8) is 0 Å². The van der Waals surface area contributed by atoms with Gasteiger partial charge < -0.3 is 20.5 Å². The van der Waals surface area contributed by atoms with Gasteiger partial charge in [0.2, 0.25) is 5.91 Å². The Morgan fingerprint density at radius 1 is 1.12 bits per heavy atom. The van der Waals surface area contributed by atoms with Gasteiger partial charge in [-0.15, -0.1) is 0 Å². The van der Waals surface area contributed by atoms with E-state index in [-0.39, 0.29) is 35.1 Å². The van der Waals surface area contributed by atoms with Crippen LogP contribution in [0.15, 0.2) is 23.1 Å². The Bertz CT molecular complexity index is 727. The second-order valence-corrected chi connectivity index (χ2v) is 8.66. The summed E-state index contributed by atoms with van der Waals surface area (Å²) in [4.78, 5) is 12.2. The lowest BCUT2D eigenvalue weighted by Gasteiger charge is -2.26. The van der Waals surface area contributed by atoms with Crippen LogP contribution in [0.25, 0.3) is 0 Å². The number of benzene rings is 1. The largest absolute Gasteiger partial charge is 0.486 e. The Morgan fingerprint density at radius 2 is 1.80 bits per heavy atom. The minimum Gasteiger partial charge on any atom is -0.486 e. The molecule has 0 bridgehead atoms. The predicted molar refractivity (Wildman–Crippen MR) is 92.5 cm³/mol. The number of sulfone groups is 1. The van der Waals surface area contributed by atoms with Crippen LogP contribution in [0.1, 0.15) is 32.1 Å². The Morgan fingerprint density at radius 3 is 2.52 bits per heavy atom. The molecule has 1 aliphatic carbocycles. The van der Waals surface area contributed by atoms with Crippen LogP contribution < -0.4 is 20.5 Å². The smallest absolute Gasteiger partial charge is 0.221 e. The van der Waals surface area contributed by atoms with Crippen molar-refractivity contribution in [1.29, 1.82) is 0 Å². The standard InChI is InChI=1S/C17H24N2O5S/c18-12-1-3-13(4-2-12)19-17(20)7-10-25(21,22)14-5-6-15-16(11-14)24-9-8-23-15/h5-6,11-13H,1-4,7-10,18H2,(H,19,20). The zero-order chi connectivity index (χ0) is 17.9. The maximum absolute atomic E-state index is 12.5. The first kappa shape index (κ1) is 18.0. The normalized spacial score (nSPS) is 23.1. The highest BCUT2D eigenvalue weighted by atomic mass is 32.2. The zero-order valence-corrected chi connectivity index (χ0v) is 14.9. The van der Waals surface area contributed by atoms with Crippen molar-refractivity contribution in [2.45, 2.75) is 49.1 Å². The summed E-state index contributed by atoms with van der Waals surface area (Å²) in [6, 6.07) is 4.85. The maximum atomic E-state index is 12.5. The molecule has 1 saturated carbocycles. The van der Waals surface area contributed by atoms with Gasteiger partial charge in [0.25, 0.3) is 0 Å². The van der Waals surface area contributed by atoms with Gasteiger partial charge in [0.1, 0.15) is 13.2 Å². The molecule has 25 heavy (non-hydrogen) atoms. The van der Waals surface area contributed by atoms with Crippen LogP contribution in [-0.2, 0) is 14.6 Å². The van der Waals surface area contributed by atoms with Gasteiger partial charge in [0.05, 0.1) is 10.6 Å². The first-order valence-corrected chi connectivity index (χ1v) is 10.3. The van der Waals surface area contributed by atoms with E-state index < -0.39 is 9.84 Å². The molecule has 7 nitrogen and oxygen atoms in total. The second-order valence-electron chi connectivity index (χ2n) is 6.55. The molecule has 0 radical (unpaired) electrons. The molecule has 0 spiro atoms.